The number of benzene rings is 3. The number of para-hydroxylation sites is 2. The lowest BCUT2D eigenvalue weighted by atomic mass is 9.94. The van der Waals surface area contributed by atoms with Crippen molar-refractivity contribution in [2.45, 2.75) is 30.8 Å². The predicted molar refractivity (Wildman–Crippen MR) is 154 cm³/mol. The molecule has 1 aliphatic rings. The number of carbonyl (C=O) groups is 1. The smallest absolute Gasteiger partial charge is 0.255 e. The van der Waals surface area contributed by atoms with Gasteiger partial charge in [-0.3, -0.25) is 4.79 Å². The second-order valence-corrected chi connectivity index (χ2v) is 10.5. The monoisotopic (exact) mass is 540 g/mol. The normalized spacial score (nSPS) is 14.9. The number of anilines is 2. The van der Waals surface area contributed by atoms with Crippen molar-refractivity contribution < 1.29 is 4.79 Å². The van der Waals surface area contributed by atoms with Gasteiger partial charge in [0.2, 0.25) is 11.1 Å². The lowest BCUT2D eigenvalue weighted by Crippen LogP contribution is -2.31. The number of aryl methyl sites for hydroxylation is 1. The summed E-state index contributed by atoms with van der Waals surface area (Å²) < 4.78 is 1.81. The van der Waals surface area contributed by atoms with Gasteiger partial charge in [-0.1, -0.05) is 78.0 Å². The number of fused-ring (bicyclic) bond motifs is 2. The molecule has 3 aromatic carbocycles. The third-order valence-electron chi connectivity index (χ3n) is 6.70. The van der Waals surface area contributed by atoms with E-state index in [1.54, 1.807) is 0 Å². The molecule has 0 aliphatic carbocycles. The standard InChI is InChI=1S/C29H25ClN6OS/c1-17-9-3-7-13-23(17)33-27(37)25-18(2)32-28-34-29(38-16-19-10-4-6-12-22(19)30)35-36(28)26(25)21-15-31-24-14-8-5-11-20(21)24/h3-15,26,31H,16H2,1-2H3,(H,33,37)(H,32,34,35). The summed E-state index contributed by atoms with van der Waals surface area (Å²) >= 11 is 7.87. The van der Waals surface area contributed by atoms with E-state index in [-0.39, 0.29) is 5.91 Å². The highest BCUT2D eigenvalue weighted by Crippen LogP contribution is 2.40. The van der Waals surface area contributed by atoms with E-state index in [1.165, 1.54) is 11.8 Å². The van der Waals surface area contributed by atoms with Crippen LogP contribution in [0, 0.1) is 6.92 Å². The lowest BCUT2D eigenvalue weighted by molar-refractivity contribution is -0.113. The number of hydrogen-bond acceptors (Lipinski definition) is 5. The van der Waals surface area contributed by atoms with Crippen LogP contribution in [-0.4, -0.2) is 25.7 Å². The molecule has 38 heavy (non-hydrogen) atoms. The minimum Gasteiger partial charge on any atom is -0.361 e. The molecule has 7 nitrogen and oxygen atoms in total. The Hall–Kier alpha value is -4.01. The molecular formula is C29H25ClN6OS. The van der Waals surface area contributed by atoms with Gasteiger partial charge in [-0.2, -0.15) is 4.98 Å². The highest BCUT2D eigenvalue weighted by atomic mass is 35.5. The van der Waals surface area contributed by atoms with Gasteiger partial charge in [-0.05, 0) is 43.2 Å². The zero-order valence-corrected chi connectivity index (χ0v) is 22.4. The highest BCUT2D eigenvalue weighted by molar-refractivity contribution is 7.98. The molecule has 190 valence electrons. The van der Waals surface area contributed by atoms with Gasteiger partial charge in [0.25, 0.3) is 5.91 Å². The van der Waals surface area contributed by atoms with Crippen molar-refractivity contribution in [3.05, 3.63) is 112 Å². The fourth-order valence-corrected chi connectivity index (χ4v) is 5.87. The van der Waals surface area contributed by atoms with Crippen molar-refractivity contribution in [2.24, 2.45) is 0 Å². The van der Waals surface area contributed by atoms with Gasteiger partial charge in [0.1, 0.15) is 6.04 Å². The zero-order chi connectivity index (χ0) is 26.2. The van der Waals surface area contributed by atoms with Crippen LogP contribution in [-0.2, 0) is 10.5 Å². The van der Waals surface area contributed by atoms with Crippen molar-refractivity contribution in [2.75, 3.05) is 10.6 Å². The van der Waals surface area contributed by atoms with Gasteiger partial charge in [-0.25, -0.2) is 4.68 Å². The number of aromatic amines is 1. The van der Waals surface area contributed by atoms with E-state index in [0.29, 0.717) is 27.5 Å². The van der Waals surface area contributed by atoms with E-state index >= 15 is 0 Å². The first kappa shape index (κ1) is 24.3. The van der Waals surface area contributed by atoms with Crippen molar-refractivity contribution in [1.29, 1.82) is 0 Å². The molecule has 0 spiro atoms. The third kappa shape index (κ3) is 4.46. The molecule has 1 unspecified atom stereocenters. The molecule has 1 atom stereocenters. The van der Waals surface area contributed by atoms with Crippen molar-refractivity contribution in [3.63, 3.8) is 0 Å². The van der Waals surface area contributed by atoms with Crippen LogP contribution in [0.1, 0.15) is 29.7 Å². The van der Waals surface area contributed by atoms with Gasteiger partial charge in [0.15, 0.2) is 0 Å². The van der Waals surface area contributed by atoms with Crippen LogP contribution in [0.15, 0.2) is 95.4 Å². The van der Waals surface area contributed by atoms with Crippen LogP contribution in [0.4, 0.5) is 11.6 Å². The number of thioether (sulfide) groups is 1. The number of H-pyrrole nitrogens is 1. The fourth-order valence-electron chi connectivity index (χ4n) is 4.75. The molecule has 1 aliphatic heterocycles. The molecule has 0 radical (unpaired) electrons. The first-order chi connectivity index (χ1) is 18.5. The number of allylic oxidation sites excluding steroid dienone is 1. The largest absolute Gasteiger partial charge is 0.361 e. The molecule has 5 aromatic rings. The van der Waals surface area contributed by atoms with Crippen LogP contribution < -0.4 is 10.6 Å². The number of hydrogen-bond donors (Lipinski definition) is 3. The molecule has 6 rings (SSSR count). The van der Waals surface area contributed by atoms with Crippen molar-refractivity contribution in [3.8, 4) is 0 Å². The molecule has 2 aromatic heterocycles. The third-order valence-corrected chi connectivity index (χ3v) is 7.96. The Labute approximate surface area is 229 Å². The average molecular weight is 541 g/mol. The summed E-state index contributed by atoms with van der Waals surface area (Å²) in [6.45, 7) is 3.88. The zero-order valence-electron chi connectivity index (χ0n) is 20.8. The molecule has 3 heterocycles. The maximum Gasteiger partial charge on any atom is 0.255 e. The molecular weight excluding hydrogens is 516 g/mol. The molecule has 0 fully saturated rings. The summed E-state index contributed by atoms with van der Waals surface area (Å²) in [5, 5.41) is 13.6. The van der Waals surface area contributed by atoms with E-state index in [0.717, 1.165) is 39.0 Å². The van der Waals surface area contributed by atoms with E-state index < -0.39 is 6.04 Å². The molecule has 1 amide bonds. The van der Waals surface area contributed by atoms with E-state index in [4.69, 9.17) is 21.7 Å². The number of carbonyl (C=O) groups excluding carboxylic acids is 1. The topological polar surface area (TPSA) is 87.6 Å². The summed E-state index contributed by atoms with van der Waals surface area (Å²) in [5.74, 6) is 1.03. The number of nitrogens with one attached hydrogen (secondary N) is 3. The highest BCUT2D eigenvalue weighted by Gasteiger charge is 2.36. The molecule has 0 saturated carbocycles. The average Bonchev–Trinajstić information content (AvgIpc) is 3.52. The first-order valence-corrected chi connectivity index (χ1v) is 13.6. The number of aromatic nitrogens is 4. The minimum atomic E-state index is -0.478. The van der Waals surface area contributed by atoms with Crippen LogP contribution >= 0.6 is 23.4 Å². The van der Waals surface area contributed by atoms with E-state index in [2.05, 4.69) is 21.7 Å². The number of nitrogens with zero attached hydrogens (tertiary/aromatic N) is 3. The first-order valence-electron chi connectivity index (χ1n) is 12.2. The van der Waals surface area contributed by atoms with Crippen LogP contribution in [0.5, 0.6) is 0 Å². The summed E-state index contributed by atoms with van der Waals surface area (Å²) in [6, 6.07) is 23.1. The number of rotatable bonds is 6. The second-order valence-electron chi connectivity index (χ2n) is 9.17. The lowest BCUT2D eigenvalue weighted by Gasteiger charge is -2.28. The maximum absolute atomic E-state index is 13.8. The Balaban J connectivity index is 1.41. The molecule has 0 saturated heterocycles. The maximum atomic E-state index is 13.8. The van der Waals surface area contributed by atoms with Gasteiger partial charge < -0.3 is 15.6 Å². The Morgan fingerprint density at radius 3 is 2.66 bits per heavy atom. The van der Waals surface area contributed by atoms with E-state index in [1.807, 2.05) is 91.5 Å². The number of halogens is 1. The van der Waals surface area contributed by atoms with Gasteiger partial charge in [0, 0.05) is 44.8 Å². The molecule has 9 heteroatoms. The fraction of sp³-hybridized carbons (Fsp3) is 0.138. The minimum absolute atomic E-state index is 0.189. The summed E-state index contributed by atoms with van der Waals surface area (Å²) in [4.78, 5) is 22.0. The predicted octanol–water partition coefficient (Wildman–Crippen LogP) is 6.94. The number of amides is 1. The van der Waals surface area contributed by atoms with Gasteiger partial charge >= 0.3 is 0 Å². The second kappa shape index (κ2) is 10.0. The van der Waals surface area contributed by atoms with Crippen LogP contribution in [0.2, 0.25) is 5.02 Å². The Morgan fingerprint density at radius 1 is 1.05 bits per heavy atom. The SMILES string of the molecule is CC1=C(C(=O)Nc2ccccc2C)C(c2c[nH]c3ccccc23)n2nc(SCc3ccccc3Cl)nc2N1. The summed E-state index contributed by atoms with van der Waals surface area (Å²) in [7, 11) is 0. The Bertz CT molecular complexity index is 1700. The Morgan fingerprint density at radius 2 is 1.82 bits per heavy atom. The summed E-state index contributed by atoms with van der Waals surface area (Å²) in [5.41, 5.74) is 6.03. The van der Waals surface area contributed by atoms with Crippen molar-refractivity contribution >= 4 is 51.8 Å². The Kier molecular flexibility index (Phi) is 6.43. The molecule has 3 N–H and O–H groups in total. The van der Waals surface area contributed by atoms with Gasteiger partial charge in [0.05, 0.1) is 5.57 Å². The van der Waals surface area contributed by atoms with Crippen LogP contribution in [0.25, 0.3) is 10.9 Å². The quantitative estimate of drug-likeness (QED) is 0.203. The van der Waals surface area contributed by atoms with E-state index in [9.17, 15) is 4.79 Å². The van der Waals surface area contributed by atoms with Crippen molar-refractivity contribution in [1.82, 2.24) is 19.7 Å². The van der Waals surface area contributed by atoms with Gasteiger partial charge in [-0.15, -0.1) is 5.10 Å². The summed E-state index contributed by atoms with van der Waals surface area (Å²) in [6.07, 6.45) is 1.96. The molecule has 0 bridgehead atoms. The van der Waals surface area contributed by atoms with Crippen LogP contribution in [0.3, 0.4) is 0 Å².